The van der Waals surface area contributed by atoms with Crippen LogP contribution in [0.1, 0.15) is 38.6 Å². The molecule has 0 radical (unpaired) electrons. The fourth-order valence-electron chi connectivity index (χ4n) is 5.33. The molecule has 0 atom stereocenters. The number of hydrogen-bond donors (Lipinski definition) is 1. The van der Waals surface area contributed by atoms with Crippen molar-refractivity contribution in [1.29, 1.82) is 0 Å². The fraction of sp³-hybridized carbons (Fsp3) is 0.290. The van der Waals surface area contributed by atoms with Crippen LogP contribution in [0.2, 0.25) is 0 Å². The van der Waals surface area contributed by atoms with E-state index in [-0.39, 0.29) is 17.5 Å². The predicted octanol–water partition coefficient (Wildman–Crippen LogP) is 4.94. The van der Waals surface area contributed by atoms with Crippen LogP contribution in [0.5, 0.6) is 0 Å². The molecule has 0 spiro atoms. The van der Waals surface area contributed by atoms with Crippen LogP contribution in [0.4, 0.5) is 15.9 Å². The summed E-state index contributed by atoms with van der Waals surface area (Å²) in [6, 6.07) is 16.7. The summed E-state index contributed by atoms with van der Waals surface area (Å²) in [5, 5.41) is 3.07. The van der Waals surface area contributed by atoms with Crippen LogP contribution in [-0.4, -0.2) is 60.7 Å². The first-order chi connectivity index (χ1) is 20.0. The van der Waals surface area contributed by atoms with Gasteiger partial charge in [0.05, 0.1) is 29.5 Å². The van der Waals surface area contributed by atoms with Crippen molar-refractivity contribution in [3.63, 3.8) is 0 Å². The van der Waals surface area contributed by atoms with E-state index in [9.17, 15) is 9.59 Å². The predicted molar refractivity (Wildman–Crippen MR) is 156 cm³/mol. The van der Waals surface area contributed by atoms with Gasteiger partial charge in [0, 0.05) is 47.9 Å². The minimum absolute atomic E-state index is 0.0269. The SMILES string of the molecule is O=C(NC1CC1)c1cc2c(s1)-c1ccccc1N(C(=O)c1cccc(-c3cnc(N4CCOCC4)c(F)c3)n1)CC2. The Morgan fingerprint density at radius 2 is 1.85 bits per heavy atom. The van der Waals surface area contributed by atoms with E-state index in [4.69, 9.17) is 4.74 Å². The van der Waals surface area contributed by atoms with Gasteiger partial charge in [0.15, 0.2) is 11.6 Å². The smallest absolute Gasteiger partial charge is 0.276 e. The van der Waals surface area contributed by atoms with Crippen molar-refractivity contribution in [2.45, 2.75) is 25.3 Å². The number of aromatic nitrogens is 2. The lowest BCUT2D eigenvalue weighted by Gasteiger charge is -2.28. The van der Waals surface area contributed by atoms with Crippen LogP contribution in [-0.2, 0) is 11.2 Å². The molecular weight excluding hydrogens is 541 g/mol. The monoisotopic (exact) mass is 569 g/mol. The molecule has 1 saturated carbocycles. The largest absolute Gasteiger partial charge is 0.378 e. The molecule has 2 fully saturated rings. The van der Waals surface area contributed by atoms with Crippen molar-refractivity contribution in [3.8, 4) is 21.7 Å². The average molecular weight is 570 g/mol. The number of morpholine rings is 1. The highest BCUT2D eigenvalue weighted by Crippen LogP contribution is 2.42. The van der Waals surface area contributed by atoms with Gasteiger partial charge in [-0.25, -0.2) is 14.4 Å². The molecule has 1 saturated heterocycles. The summed E-state index contributed by atoms with van der Waals surface area (Å²) in [7, 11) is 0. The van der Waals surface area contributed by atoms with Crippen molar-refractivity contribution in [1.82, 2.24) is 15.3 Å². The molecule has 41 heavy (non-hydrogen) atoms. The number of ether oxygens (including phenoxy) is 1. The number of anilines is 2. The third-order valence-electron chi connectivity index (χ3n) is 7.63. The second-order valence-corrected chi connectivity index (χ2v) is 11.5. The molecule has 7 rings (SSSR count). The Morgan fingerprint density at radius 1 is 1.02 bits per heavy atom. The van der Waals surface area contributed by atoms with Gasteiger partial charge in [-0.1, -0.05) is 24.3 Å². The molecule has 3 aliphatic rings. The minimum Gasteiger partial charge on any atom is -0.378 e. The number of hydrogen-bond acceptors (Lipinski definition) is 7. The second-order valence-electron chi connectivity index (χ2n) is 10.5. The van der Waals surface area contributed by atoms with Crippen LogP contribution >= 0.6 is 11.3 Å². The second kappa shape index (κ2) is 10.7. The zero-order valence-corrected chi connectivity index (χ0v) is 23.1. The van der Waals surface area contributed by atoms with Gasteiger partial charge in [0.2, 0.25) is 0 Å². The Balaban J connectivity index is 1.16. The van der Waals surface area contributed by atoms with Gasteiger partial charge in [-0.15, -0.1) is 11.3 Å². The Morgan fingerprint density at radius 3 is 2.66 bits per heavy atom. The van der Waals surface area contributed by atoms with Crippen molar-refractivity contribution >= 4 is 34.7 Å². The number of pyridine rings is 2. The van der Waals surface area contributed by atoms with Crippen molar-refractivity contribution in [2.75, 3.05) is 42.6 Å². The molecule has 5 heterocycles. The topological polar surface area (TPSA) is 87.7 Å². The van der Waals surface area contributed by atoms with Gasteiger partial charge < -0.3 is 19.9 Å². The van der Waals surface area contributed by atoms with E-state index in [0.717, 1.165) is 34.5 Å². The highest BCUT2D eigenvalue weighted by atomic mass is 32.1. The zero-order chi connectivity index (χ0) is 27.9. The van der Waals surface area contributed by atoms with Crippen LogP contribution < -0.4 is 15.1 Å². The van der Waals surface area contributed by atoms with E-state index in [2.05, 4.69) is 15.3 Å². The highest BCUT2D eigenvalue weighted by molar-refractivity contribution is 7.17. The molecule has 8 nitrogen and oxygen atoms in total. The van der Waals surface area contributed by atoms with Crippen molar-refractivity contribution in [2.24, 2.45) is 0 Å². The molecule has 2 amide bonds. The normalized spacial score (nSPS) is 16.5. The molecule has 4 aromatic rings. The summed E-state index contributed by atoms with van der Waals surface area (Å²) in [5.41, 5.74) is 4.01. The number of nitrogens with zero attached hydrogens (tertiary/aromatic N) is 4. The van der Waals surface area contributed by atoms with Gasteiger partial charge in [-0.05, 0) is 55.2 Å². The Labute approximate surface area is 240 Å². The van der Waals surface area contributed by atoms with Gasteiger partial charge in [-0.2, -0.15) is 0 Å². The molecule has 208 valence electrons. The number of para-hydroxylation sites is 1. The first-order valence-corrected chi connectivity index (χ1v) is 14.7. The van der Waals surface area contributed by atoms with E-state index < -0.39 is 5.82 Å². The van der Waals surface area contributed by atoms with E-state index in [0.29, 0.717) is 67.3 Å². The molecule has 2 aliphatic heterocycles. The average Bonchev–Trinajstić information content (AvgIpc) is 3.75. The number of rotatable bonds is 5. The van der Waals surface area contributed by atoms with Crippen LogP contribution in [0.25, 0.3) is 21.7 Å². The van der Waals surface area contributed by atoms with Crippen LogP contribution in [0, 0.1) is 5.82 Å². The van der Waals surface area contributed by atoms with Gasteiger partial charge in [0.25, 0.3) is 11.8 Å². The van der Waals surface area contributed by atoms with Gasteiger partial charge in [0.1, 0.15) is 5.69 Å². The van der Waals surface area contributed by atoms with Gasteiger partial charge >= 0.3 is 0 Å². The van der Waals surface area contributed by atoms with Crippen LogP contribution in [0.3, 0.4) is 0 Å². The van der Waals surface area contributed by atoms with E-state index in [1.807, 2.05) is 35.2 Å². The molecule has 1 aliphatic carbocycles. The van der Waals surface area contributed by atoms with Crippen molar-refractivity contribution in [3.05, 3.63) is 82.7 Å². The summed E-state index contributed by atoms with van der Waals surface area (Å²) >= 11 is 1.47. The number of nitrogens with one attached hydrogen (secondary N) is 1. The first kappa shape index (κ1) is 25.8. The summed E-state index contributed by atoms with van der Waals surface area (Å²) in [6.45, 7) is 2.70. The standard InChI is InChI=1S/C31H28FN5O3S/c32-23-16-20(18-33-29(23)36-12-14-40-15-13-36)24-5-3-6-25(35-24)31(39)37-11-10-19-17-27(30(38)34-21-8-9-21)41-28(19)22-4-1-2-7-26(22)37/h1-7,16-18,21H,8-15H2,(H,34,38). The molecule has 10 heteroatoms. The molecular formula is C31H28FN5O3S. The Bertz CT molecular complexity index is 1650. The molecule has 0 bridgehead atoms. The van der Waals surface area contributed by atoms with E-state index >= 15 is 4.39 Å². The molecule has 1 N–H and O–H groups in total. The lowest BCUT2D eigenvalue weighted by Crippen LogP contribution is -2.37. The number of thiophene rings is 1. The maximum absolute atomic E-state index is 15.1. The van der Waals surface area contributed by atoms with E-state index in [1.165, 1.54) is 17.4 Å². The third kappa shape index (κ3) is 5.09. The number of fused-ring (bicyclic) bond motifs is 3. The maximum atomic E-state index is 15.1. The number of carbonyl (C=O) groups is 2. The number of carbonyl (C=O) groups excluding carboxylic acids is 2. The van der Waals surface area contributed by atoms with Gasteiger partial charge in [-0.3, -0.25) is 9.59 Å². The summed E-state index contributed by atoms with van der Waals surface area (Å²) in [5.74, 6) is -0.396. The zero-order valence-electron chi connectivity index (χ0n) is 22.3. The minimum atomic E-state index is -0.430. The maximum Gasteiger partial charge on any atom is 0.276 e. The Hall–Kier alpha value is -4.15. The summed E-state index contributed by atoms with van der Waals surface area (Å²) < 4.78 is 20.4. The lowest BCUT2D eigenvalue weighted by atomic mass is 10.1. The highest BCUT2D eigenvalue weighted by Gasteiger charge is 2.30. The quantitative estimate of drug-likeness (QED) is 0.366. The number of benzene rings is 1. The molecule has 3 aromatic heterocycles. The summed E-state index contributed by atoms with van der Waals surface area (Å²) in [4.78, 5) is 41.0. The van der Waals surface area contributed by atoms with Crippen LogP contribution in [0.15, 0.2) is 60.8 Å². The fourth-order valence-corrected chi connectivity index (χ4v) is 6.48. The molecule has 1 aromatic carbocycles. The first-order valence-electron chi connectivity index (χ1n) is 13.9. The lowest BCUT2D eigenvalue weighted by molar-refractivity contribution is 0.0952. The van der Waals surface area contributed by atoms with E-state index in [1.54, 1.807) is 29.3 Å². The number of halogens is 1. The Kier molecular flexibility index (Phi) is 6.72. The summed E-state index contributed by atoms with van der Waals surface area (Å²) in [6.07, 6.45) is 4.29. The number of amides is 2. The third-order valence-corrected chi connectivity index (χ3v) is 8.84. The molecule has 0 unspecified atom stereocenters. The van der Waals surface area contributed by atoms with Crippen molar-refractivity contribution < 1.29 is 18.7 Å².